The van der Waals surface area contributed by atoms with Gasteiger partial charge >= 0.3 is 0 Å². The minimum absolute atomic E-state index is 0.0208. The van der Waals surface area contributed by atoms with Gasteiger partial charge in [0.1, 0.15) is 58.1 Å². The highest BCUT2D eigenvalue weighted by Gasteiger charge is 2.23. The van der Waals surface area contributed by atoms with E-state index in [-0.39, 0.29) is 77.4 Å². The van der Waals surface area contributed by atoms with Crippen molar-refractivity contribution in [1.82, 2.24) is 0 Å². The van der Waals surface area contributed by atoms with Crippen molar-refractivity contribution in [3.8, 4) is 28.7 Å². The molecule has 0 aromatic heterocycles. The zero-order valence-corrected chi connectivity index (χ0v) is 26.2. The van der Waals surface area contributed by atoms with Crippen molar-refractivity contribution in [1.29, 1.82) is 0 Å². The fraction of sp³-hybridized carbons (Fsp3) is 0.233. The van der Waals surface area contributed by atoms with Crippen molar-refractivity contribution in [2.45, 2.75) is 11.8 Å². The van der Waals surface area contributed by atoms with Crippen LogP contribution < -0.4 is 24.3 Å². The molecule has 0 saturated carbocycles. The number of amides is 1. The largest absolute Gasteiger partial charge is 0.505 e. The van der Waals surface area contributed by atoms with Crippen LogP contribution in [0.5, 0.6) is 28.7 Å². The summed E-state index contributed by atoms with van der Waals surface area (Å²) in [7, 11) is -2.19. The number of hydrogen-bond acceptors (Lipinski definition) is 14. The number of carbonyl (C=O) groups is 1. The molecule has 4 aromatic carbocycles. The van der Waals surface area contributed by atoms with E-state index in [1.54, 1.807) is 12.1 Å². The van der Waals surface area contributed by atoms with Gasteiger partial charge in [0.05, 0.1) is 27.4 Å². The van der Waals surface area contributed by atoms with Gasteiger partial charge in [0.25, 0.3) is 10.1 Å². The lowest BCUT2D eigenvalue weighted by Gasteiger charge is -2.12. The lowest BCUT2D eigenvalue weighted by molar-refractivity contribution is -0.114. The van der Waals surface area contributed by atoms with Crippen LogP contribution in [0.2, 0.25) is 0 Å². The molecule has 0 saturated heterocycles. The van der Waals surface area contributed by atoms with Crippen LogP contribution in [0.15, 0.2) is 79.9 Å². The van der Waals surface area contributed by atoms with Crippen LogP contribution >= 0.6 is 0 Å². The summed E-state index contributed by atoms with van der Waals surface area (Å²) >= 11 is 0. The Bertz CT molecular complexity index is 1950. The number of rotatable bonds is 14. The van der Waals surface area contributed by atoms with Crippen LogP contribution in [0, 0.1) is 0 Å². The number of azo groups is 2. The van der Waals surface area contributed by atoms with E-state index in [0.717, 1.165) is 6.07 Å². The first-order chi connectivity index (χ1) is 22.5. The second-order valence-electron chi connectivity index (χ2n) is 9.53. The molecule has 4 rings (SSSR count). The minimum atomic E-state index is -4.90. The van der Waals surface area contributed by atoms with Crippen LogP contribution in [-0.4, -0.2) is 74.8 Å². The first kappa shape index (κ1) is 34.5. The van der Waals surface area contributed by atoms with E-state index >= 15 is 0 Å². The van der Waals surface area contributed by atoms with Crippen molar-refractivity contribution in [2.75, 3.05) is 46.0 Å². The number of methoxy groups -OCH3 is 2. The monoisotopic (exact) mass is 669 g/mol. The van der Waals surface area contributed by atoms with Gasteiger partial charge in [-0.2, -0.15) is 8.42 Å². The topological polar surface area (TPSA) is 231 Å². The third-order valence-electron chi connectivity index (χ3n) is 6.29. The van der Waals surface area contributed by atoms with Crippen LogP contribution in [-0.2, 0) is 14.9 Å². The molecule has 17 heteroatoms. The molecule has 0 bridgehead atoms. The molecule has 4 aromatic rings. The van der Waals surface area contributed by atoms with Gasteiger partial charge in [-0.05, 0) is 41.8 Å². The Kier molecular flexibility index (Phi) is 11.2. The molecule has 0 aliphatic heterocycles. The fourth-order valence-corrected chi connectivity index (χ4v) is 4.92. The molecular weight excluding hydrogens is 638 g/mol. The minimum Gasteiger partial charge on any atom is -0.505 e. The molecule has 0 aliphatic rings. The number of hydrogen-bond donors (Lipinski definition) is 5. The van der Waals surface area contributed by atoms with Gasteiger partial charge in [-0.1, -0.05) is 0 Å². The average Bonchev–Trinajstić information content (AvgIpc) is 3.04. The van der Waals surface area contributed by atoms with Gasteiger partial charge in [-0.15, -0.1) is 20.5 Å². The van der Waals surface area contributed by atoms with Crippen LogP contribution in [0.4, 0.5) is 28.4 Å². The first-order valence-corrected chi connectivity index (χ1v) is 15.2. The Morgan fingerprint density at radius 3 is 2.00 bits per heavy atom. The quantitative estimate of drug-likeness (QED) is 0.0849. The number of nitrogens with zero attached hydrogens (tertiary/aromatic N) is 4. The Hall–Kier alpha value is -5.36. The number of fused-ring (bicyclic) bond motifs is 1. The average molecular weight is 670 g/mol. The molecule has 1 amide bonds. The number of phenols is 1. The predicted molar refractivity (Wildman–Crippen MR) is 169 cm³/mol. The maximum Gasteiger partial charge on any atom is 0.296 e. The molecule has 0 heterocycles. The smallest absolute Gasteiger partial charge is 0.296 e. The Labute approximate surface area is 268 Å². The number of nitrogens with one attached hydrogen (secondary N) is 1. The van der Waals surface area contributed by atoms with Gasteiger partial charge in [-0.3, -0.25) is 9.35 Å². The zero-order chi connectivity index (χ0) is 34.1. The normalized spacial score (nSPS) is 11.7. The summed E-state index contributed by atoms with van der Waals surface area (Å²) in [6.45, 7) is 0.918. The number of carbonyl (C=O) groups excluding carboxylic acids is 1. The lowest BCUT2D eigenvalue weighted by Crippen LogP contribution is -2.05. The lowest BCUT2D eigenvalue weighted by atomic mass is 10.1. The predicted octanol–water partition coefficient (Wildman–Crippen LogP) is 5.34. The highest BCUT2D eigenvalue weighted by Crippen LogP contribution is 2.45. The van der Waals surface area contributed by atoms with E-state index in [1.807, 2.05) is 0 Å². The van der Waals surface area contributed by atoms with Gasteiger partial charge in [-0.25, -0.2) is 0 Å². The van der Waals surface area contributed by atoms with Crippen LogP contribution in [0.25, 0.3) is 10.8 Å². The Morgan fingerprint density at radius 2 is 1.40 bits per heavy atom. The van der Waals surface area contributed by atoms with Crippen molar-refractivity contribution >= 4 is 55.2 Å². The molecule has 0 spiro atoms. The maximum atomic E-state index is 12.3. The summed E-state index contributed by atoms with van der Waals surface area (Å²) in [5.41, 5.74) is 0.320. The molecule has 0 aliphatic carbocycles. The zero-order valence-electron chi connectivity index (χ0n) is 25.4. The number of aromatic hydroxyl groups is 1. The summed E-state index contributed by atoms with van der Waals surface area (Å²) < 4.78 is 56.4. The van der Waals surface area contributed by atoms with Gasteiger partial charge in [0.15, 0.2) is 11.5 Å². The first-order valence-electron chi connectivity index (χ1n) is 13.7. The van der Waals surface area contributed by atoms with Crippen LogP contribution in [0.3, 0.4) is 0 Å². The third kappa shape index (κ3) is 8.47. The van der Waals surface area contributed by atoms with Crippen molar-refractivity contribution in [2.24, 2.45) is 20.5 Å². The number of ether oxygens (including phenoxy) is 4. The van der Waals surface area contributed by atoms with Gasteiger partial charge in [0.2, 0.25) is 5.91 Å². The second-order valence-corrected chi connectivity index (χ2v) is 10.9. The molecule has 0 atom stereocenters. The Balaban J connectivity index is 1.74. The number of aliphatic hydroxyl groups is 2. The third-order valence-corrected chi connectivity index (χ3v) is 7.16. The van der Waals surface area contributed by atoms with Gasteiger partial charge < -0.3 is 39.6 Å². The molecule has 0 fully saturated rings. The van der Waals surface area contributed by atoms with E-state index in [1.165, 1.54) is 57.5 Å². The van der Waals surface area contributed by atoms with Crippen molar-refractivity contribution in [3.63, 3.8) is 0 Å². The number of anilines is 1. The summed E-state index contributed by atoms with van der Waals surface area (Å²) in [6, 6.07) is 13.0. The number of benzene rings is 4. The SMILES string of the molecule is COc1cc(N=Nc2c(S(=O)(=O)O)cc3cc(NC(C)=O)ccc3c2O)c(OC)cc1N=Nc1ccc(OCCO)cc1OCCO. The molecule has 0 unspecified atom stereocenters. The molecular formula is C30H31N5O11S. The van der Waals surface area contributed by atoms with E-state index in [2.05, 4.69) is 25.8 Å². The van der Waals surface area contributed by atoms with E-state index in [9.17, 15) is 28.0 Å². The van der Waals surface area contributed by atoms with Gasteiger partial charge in [0, 0.05) is 36.2 Å². The standard InChI is InChI=1S/C30H31N5O11S/c1-17(38)31-19-4-6-21-18(12-19)13-28(47(40,41)42)29(30(21)39)35-34-24-16-25(43-2)23(15-26(24)44-3)33-32-22-7-5-20(45-10-8-36)14-27(22)46-11-9-37/h4-7,12-16,36-37,39H,8-11H2,1-3H3,(H,31,38)(H,40,41,42). The summed E-state index contributed by atoms with van der Waals surface area (Å²) in [6.07, 6.45) is 0. The number of aliphatic hydroxyl groups excluding tert-OH is 2. The Morgan fingerprint density at radius 1 is 0.787 bits per heavy atom. The van der Waals surface area contributed by atoms with Crippen molar-refractivity contribution in [3.05, 3.63) is 54.6 Å². The highest BCUT2D eigenvalue weighted by atomic mass is 32.2. The molecule has 5 N–H and O–H groups in total. The molecule has 248 valence electrons. The van der Waals surface area contributed by atoms with E-state index in [0.29, 0.717) is 11.4 Å². The summed E-state index contributed by atoms with van der Waals surface area (Å²) in [4.78, 5) is 10.7. The fourth-order valence-electron chi connectivity index (χ4n) is 4.26. The van der Waals surface area contributed by atoms with Crippen LogP contribution in [0.1, 0.15) is 6.92 Å². The molecule has 16 nitrogen and oxygen atoms in total. The second kappa shape index (κ2) is 15.3. The summed E-state index contributed by atoms with van der Waals surface area (Å²) in [5, 5.41) is 48.6. The highest BCUT2D eigenvalue weighted by molar-refractivity contribution is 7.86. The number of phenolic OH excluding ortho intramolecular Hbond substituents is 1. The molecule has 0 radical (unpaired) electrons. The van der Waals surface area contributed by atoms with E-state index in [4.69, 9.17) is 24.1 Å². The van der Waals surface area contributed by atoms with Crippen molar-refractivity contribution < 1.29 is 52.0 Å². The molecule has 47 heavy (non-hydrogen) atoms. The summed E-state index contributed by atoms with van der Waals surface area (Å²) in [5.74, 6) is -0.0116. The van der Waals surface area contributed by atoms with E-state index < -0.39 is 26.5 Å². The maximum absolute atomic E-state index is 12.3.